The molecule has 9 heteroatoms. The number of nitrogens with one attached hydrogen (secondary N) is 2. The number of nitrogens with zero attached hydrogens (tertiary/aromatic N) is 1. The zero-order valence-corrected chi connectivity index (χ0v) is 21.0. The Labute approximate surface area is 206 Å². The third-order valence-corrected chi connectivity index (χ3v) is 6.86. The van der Waals surface area contributed by atoms with E-state index in [9.17, 15) is 18.0 Å². The standard InChI is InChI=1S/C26H29N3O5S/c1-5-19-10-6-7-11-22(19)27-25(30)17-29(3)26(31)21-16-20(15-14-18(21)2)35(32,33)28-23-12-8-9-13-24(23)34-4/h6-16,28H,5,17H2,1-4H3,(H,27,30). The van der Waals surface area contributed by atoms with Crippen LogP contribution < -0.4 is 14.8 Å². The molecule has 3 rings (SSSR count). The fourth-order valence-electron chi connectivity index (χ4n) is 3.56. The van der Waals surface area contributed by atoms with E-state index < -0.39 is 15.9 Å². The Bertz CT molecular complexity index is 1340. The second kappa shape index (κ2) is 11.1. The molecule has 0 aromatic heterocycles. The third-order valence-electron chi connectivity index (χ3n) is 5.50. The predicted octanol–water partition coefficient (Wildman–Crippen LogP) is 4.08. The Hall–Kier alpha value is -3.85. The van der Waals surface area contributed by atoms with Gasteiger partial charge in [-0.15, -0.1) is 0 Å². The van der Waals surface area contributed by atoms with Crippen LogP contribution >= 0.6 is 0 Å². The second-order valence-corrected chi connectivity index (χ2v) is 9.69. The quantitative estimate of drug-likeness (QED) is 0.466. The van der Waals surface area contributed by atoms with Crippen molar-refractivity contribution < 1.29 is 22.7 Å². The number of aryl methyl sites for hydroxylation is 2. The van der Waals surface area contributed by atoms with E-state index in [0.717, 1.165) is 12.0 Å². The summed E-state index contributed by atoms with van der Waals surface area (Å²) in [7, 11) is -1.05. The molecule has 0 aliphatic rings. The van der Waals surface area contributed by atoms with Crippen molar-refractivity contribution in [1.82, 2.24) is 4.90 Å². The molecule has 3 aromatic rings. The monoisotopic (exact) mass is 495 g/mol. The molecule has 8 nitrogen and oxygen atoms in total. The number of anilines is 2. The van der Waals surface area contributed by atoms with Crippen molar-refractivity contribution >= 4 is 33.2 Å². The summed E-state index contributed by atoms with van der Waals surface area (Å²) in [5.41, 5.74) is 2.76. The van der Waals surface area contributed by atoms with Gasteiger partial charge >= 0.3 is 0 Å². The van der Waals surface area contributed by atoms with E-state index in [1.54, 1.807) is 37.3 Å². The SMILES string of the molecule is CCc1ccccc1NC(=O)CN(C)C(=O)c1cc(S(=O)(=O)Nc2ccccc2OC)ccc1C. The van der Waals surface area contributed by atoms with E-state index >= 15 is 0 Å². The molecule has 0 unspecified atom stereocenters. The molecule has 0 aliphatic carbocycles. The number of sulfonamides is 1. The lowest BCUT2D eigenvalue weighted by Crippen LogP contribution is -2.35. The summed E-state index contributed by atoms with van der Waals surface area (Å²) in [5.74, 6) is -0.438. The number of benzene rings is 3. The molecule has 0 aliphatic heterocycles. The normalized spacial score (nSPS) is 11.0. The highest BCUT2D eigenvalue weighted by Crippen LogP contribution is 2.27. The first-order valence-electron chi connectivity index (χ1n) is 11.1. The molecular weight excluding hydrogens is 466 g/mol. The molecule has 2 amide bonds. The van der Waals surface area contributed by atoms with Gasteiger partial charge < -0.3 is 15.0 Å². The molecular formula is C26H29N3O5S. The molecule has 0 saturated carbocycles. The Morgan fingerprint density at radius 1 is 0.971 bits per heavy atom. The number of rotatable bonds is 9. The minimum atomic E-state index is -4.00. The number of methoxy groups -OCH3 is 1. The van der Waals surface area contributed by atoms with Crippen LogP contribution in [-0.4, -0.2) is 45.8 Å². The number of carbonyl (C=O) groups is 2. The first kappa shape index (κ1) is 25.8. The largest absolute Gasteiger partial charge is 0.495 e. The molecule has 3 aromatic carbocycles. The average Bonchev–Trinajstić information content (AvgIpc) is 2.84. The maximum Gasteiger partial charge on any atom is 0.262 e. The number of hydrogen-bond donors (Lipinski definition) is 2. The summed E-state index contributed by atoms with van der Waals surface area (Å²) in [6, 6.07) is 18.4. The van der Waals surface area contributed by atoms with E-state index in [1.807, 2.05) is 31.2 Å². The minimum Gasteiger partial charge on any atom is -0.495 e. The number of amides is 2. The lowest BCUT2D eigenvalue weighted by Gasteiger charge is -2.19. The fraction of sp³-hybridized carbons (Fsp3) is 0.231. The molecule has 0 atom stereocenters. The number of hydrogen-bond acceptors (Lipinski definition) is 5. The average molecular weight is 496 g/mol. The number of likely N-dealkylation sites (N-methyl/N-ethyl adjacent to an activating group) is 1. The summed E-state index contributed by atoms with van der Waals surface area (Å²) in [6.07, 6.45) is 0.759. The number of carbonyl (C=O) groups excluding carboxylic acids is 2. The lowest BCUT2D eigenvalue weighted by atomic mass is 10.1. The van der Waals surface area contributed by atoms with Crippen LogP contribution in [0.4, 0.5) is 11.4 Å². The van der Waals surface area contributed by atoms with Gasteiger partial charge in [-0.05, 0) is 54.8 Å². The summed E-state index contributed by atoms with van der Waals surface area (Å²) < 4.78 is 33.7. The Kier molecular flexibility index (Phi) is 8.14. The second-order valence-electron chi connectivity index (χ2n) is 8.00. The Morgan fingerprint density at radius 3 is 2.31 bits per heavy atom. The Morgan fingerprint density at radius 2 is 1.63 bits per heavy atom. The van der Waals surface area contributed by atoms with E-state index in [-0.39, 0.29) is 28.6 Å². The maximum atomic E-state index is 13.1. The van der Waals surface area contributed by atoms with Gasteiger partial charge in [0.25, 0.3) is 15.9 Å². The van der Waals surface area contributed by atoms with Crippen LogP contribution in [0.1, 0.15) is 28.4 Å². The van der Waals surface area contributed by atoms with Crippen LogP contribution in [0.3, 0.4) is 0 Å². The summed E-state index contributed by atoms with van der Waals surface area (Å²) in [5, 5.41) is 2.84. The van der Waals surface area contributed by atoms with Crippen molar-refractivity contribution in [3.8, 4) is 5.75 Å². The molecule has 0 fully saturated rings. The van der Waals surface area contributed by atoms with Crippen LogP contribution in [0.25, 0.3) is 0 Å². The van der Waals surface area contributed by atoms with Crippen LogP contribution in [0.5, 0.6) is 5.75 Å². The van der Waals surface area contributed by atoms with E-state index in [0.29, 0.717) is 17.0 Å². The van der Waals surface area contributed by atoms with Gasteiger partial charge in [-0.3, -0.25) is 14.3 Å². The van der Waals surface area contributed by atoms with Crippen LogP contribution in [0, 0.1) is 6.92 Å². The first-order chi connectivity index (χ1) is 16.7. The van der Waals surface area contributed by atoms with Gasteiger partial charge in [0.05, 0.1) is 24.2 Å². The highest BCUT2D eigenvalue weighted by atomic mass is 32.2. The minimum absolute atomic E-state index is 0.0768. The smallest absolute Gasteiger partial charge is 0.262 e. The van der Waals surface area contributed by atoms with Gasteiger partial charge in [0.2, 0.25) is 5.91 Å². The third kappa shape index (κ3) is 6.19. The molecule has 184 valence electrons. The molecule has 0 heterocycles. The van der Waals surface area contributed by atoms with Crippen molar-refractivity contribution in [3.05, 3.63) is 83.4 Å². The molecule has 0 saturated heterocycles. The van der Waals surface area contributed by atoms with Crippen molar-refractivity contribution in [2.45, 2.75) is 25.2 Å². The van der Waals surface area contributed by atoms with Crippen molar-refractivity contribution in [2.24, 2.45) is 0 Å². The lowest BCUT2D eigenvalue weighted by molar-refractivity contribution is -0.116. The highest BCUT2D eigenvalue weighted by molar-refractivity contribution is 7.92. The van der Waals surface area contributed by atoms with Crippen LogP contribution in [-0.2, 0) is 21.2 Å². The van der Waals surface area contributed by atoms with Gasteiger partial charge in [-0.25, -0.2) is 8.42 Å². The molecule has 2 N–H and O–H groups in total. The summed E-state index contributed by atoms with van der Waals surface area (Å²) in [6.45, 7) is 3.52. The molecule has 0 radical (unpaired) electrons. The van der Waals surface area contributed by atoms with Crippen molar-refractivity contribution in [1.29, 1.82) is 0 Å². The summed E-state index contributed by atoms with van der Waals surface area (Å²) in [4.78, 5) is 26.9. The van der Waals surface area contributed by atoms with E-state index in [2.05, 4.69) is 10.0 Å². The summed E-state index contributed by atoms with van der Waals surface area (Å²) >= 11 is 0. The predicted molar refractivity (Wildman–Crippen MR) is 136 cm³/mol. The van der Waals surface area contributed by atoms with Gasteiger partial charge in [0.15, 0.2) is 0 Å². The van der Waals surface area contributed by atoms with E-state index in [4.69, 9.17) is 4.74 Å². The maximum absolute atomic E-state index is 13.1. The van der Waals surface area contributed by atoms with Gasteiger partial charge in [0.1, 0.15) is 5.75 Å². The van der Waals surface area contributed by atoms with Gasteiger partial charge in [-0.1, -0.05) is 43.3 Å². The van der Waals surface area contributed by atoms with E-state index in [1.165, 1.54) is 31.2 Å². The molecule has 0 spiro atoms. The van der Waals surface area contributed by atoms with Gasteiger partial charge in [0, 0.05) is 18.3 Å². The Balaban J connectivity index is 1.78. The fourth-order valence-corrected chi connectivity index (χ4v) is 4.66. The highest BCUT2D eigenvalue weighted by Gasteiger charge is 2.22. The van der Waals surface area contributed by atoms with Gasteiger partial charge in [-0.2, -0.15) is 0 Å². The van der Waals surface area contributed by atoms with Crippen LogP contribution in [0.15, 0.2) is 71.6 Å². The van der Waals surface area contributed by atoms with Crippen molar-refractivity contribution in [3.63, 3.8) is 0 Å². The van der Waals surface area contributed by atoms with Crippen LogP contribution in [0.2, 0.25) is 0 Å². The number of ether oxygens (including phenoxy) is 1. The molecule has 35 heavy (non-hydrogen) atoms. The molecule has 0 bridgehead atoms. The van der Waals surface area contributed by atoms with Crippen molar-refractivity contribution in [2.75, 3.05) is 30.7 Å². The number of para-hydroxylation sites is 3. The zero-order valence-electron chi connectivity index (χ0n) is 20.2. The topological polar surface area (TPSA) is 105 Å². The first-order valence-corrected chi connectivity index (χ1v) is 12.5. The zero-order chi connectivity index (χ0) is 25.6.